The predicted molar refractivity (Wildman–Crippen MR) is 49.7 cm³/mol. The molecule has 0 aromatic heterocycles. The van der Waals surface area contributed by atoms with Gasteiger partial charge in [0.15, 0.2) is 0 Å². The van der Waals surface area contributed by atoms with E-state index < -0.39 is 11.5 Å². The number of aliphatic hydroxyl groups excluding tert-OH is 2. The minimum Gasteiger partial charge on any atom is -0.396 e. The van der Waals surface area contributed by atoms with Gasteiger partial charge in [0.2, 0.25) is 0 Å². The molecule has 0 heterocycles. The standard InChI is InChI=1S/C9H21NO2/c1-8(2,3)9(4,6-11)7(12)5-10/h7,11-12H,5-6,10H2,1-4H3. The molecule has 74 valence electrons. The van der Waals surface area contributed by atoms with Crippen molar-refractivity contribution in [3.63, 3.8) is 0 Å². The largest absolute Gasteiger partial charge is 0.396 e. The van der Waals surface area contributed by atoms with Gasteiger partial charge in [0.05, 0.1) is 12.7 Å². The minimum atomic E-state index is -0.650. The average molecular weight is 175 g/mol. The molecular formula is C9H21NO2. The third-order valence-corrected chi connectivity index (χ3v) is 3.00. The van der Waals surface area contributed by atoms with E-state index in [2.05, 4.69) is 0 Å². The van der Waals surface area contributed by atoms with Crippen LogP contribution in [0, 0.1) is 10.8 Å². The first-order chi connectivity index (χ1) is 5.29. The summed E-state index contributed by atoms with van der Waals surface area (Å²) in [5.41, 5.74) is 4.69. The maximum atomic E-state index is 9.63. The van der Waals surface area contributed by atoms with Crippen molar-refractivity contribution in [2.45, 2.75) is 33.8 Å². The lowest BCUT2D eigenvalue weighted by Gasteiger charge is -2.43. The Morgan fingerprint density at radius 2 is 1.67 bits per heavy atom. The molecule has 0 aromatic rings. The SMILES string of the molecule is CC(C)(C)C(C)(CO)C(O)CN. The Morgan fingerprint density at radius 3 is 1.75 bits per heavy atom. The molecule has 12 heavy (non-hydrogen) atoms. The van der Waals surface area contributed by atoms with Crippen LogP contribution in [-0.4, -0.2) is 29.5 Å². The number of hydrogen-bond acceptors (Lipinski definition) is 3. The number of rotatable bonds is 3. The average Bonchev–Trinajstić information content (AvgIpc) is 1.99. The lowest BCUT2D eigenvalue weighted by molar-refractivity contribution is -0.0712. The highest BCUT2D eigenvalue weighted by atomic mass is 16.3. The van der Waals surface area contributed by atoms with Gasteiger partial charge in [-0.1, -0.05) is 27.7 Å². The second-order valence-corrected chi connectivity index (χ2v) is 4.58. The van der Waals surface area contributed by atoms with Crippen molar-refractivity contribution in [3.8, 4) is 0 Å². The van der Waals surface area contributed by atoms with Crippen LogP contribution in [0.1, 0.15) is 27.7 Å². The summed E-state index contributed by atoms with van der Waals surface area (Å²) in [5, 5.41) is 18.8. The van der Waals surface area contributed by atoms with Crippen molar-refractivity contribution in [1.82, 2.24) is 0 Å². The normalized spacial score (nSPS) is 20.2. The van der Waals surface area contributed by atoms with Crippen molar-refractivity contribution in [2.24, 2.45) is 16.6 Å². The highest BCUT2D eigenvalue weighted by Crippen LogP contribution is 2.40. The zero-order valence-corrected chi connectivity index (χ0v) is 8.46. The van der Waals surface area contributed by atoms with Crippen molar-refractivity contribution in [2.75, 3.05) is 13.2 Å². The van der Waals surface area contributed by atoms with Gasteiger partial charge in [-0.3, -0.25) is 0 Å². The molecule has 0 rings (SSSR count). The van der Waals surface area contributed by atoms with E-state index in [1.165, 1.54) is 0 Å². The third-order valence-electron chi connectivity index (χ3n) is 3.00. The van der Waals surface area contributed by atoms with Crippen LogP contribution in [0.25, 0.3) is 0 Å². The Morgan fingerprint density at radius 1 is 1.25 bits per heavy atom. The van der Waals surface area contributed by atoms with Crippen LogP contribution in [-0.2, 0) is 0 Å². The second kappa shape index (κ2) is 3.73. The molecule has 0 bridgehead atoms. The molecular weight excluding hydrogens is 154 g/mol. The monoisotopic (exact) mass is 175 g/mol. The summed E-state index contributed by atoms with van der Waals surface area (Å²) in [6, 6.07) is 0. The molecule has 0 aliphatic rings. The van der Waals surface area contributed by atoms with E-state index in [9.17, 15) is 10.2 Å². The number of nitrogens with two attached hydrogens (primary N) is 1. The Hall–Kier alpha value is -0.120. The number of aliphatic hydroxyl groups is 2. The molecule has 0 amide bonds. The zero-order chi connectivity index (χ0) is 9.99. The Balaban J connectivity index is 4.67. The minimum absolute atomic E-state index is 0.0468. The van der Waals surface area contributed by atoms with Gasteiger partial charge in [0, 0.05) is 12.0 Å². The van der Waals surface area contributed by atoms with E-state index in [0.29, 0.717) is 0 Å². The Kier molecular flexibility index (Phi) is 3.69. The highest BCUT2D eigenvalue weighted by molar-refractivity contribution is 4.92. The molecule has 0 aliphatic carbocycles. The van der Waals surface area contributed by atoms with Gasteiger partial charge in [-0.05, 0) is 5.41 Å². The molecule has 3 nitrogen and oxygen atoms in total. The van der Waals surface area contributed by atoms with Gasteiger partial charge < -0.3 is 15.9 Å². The first-order valence-electron chi connectivity index (χ1n) is 4.28. The fraction of sp³-hybridized carbons (Fsp3) is 1.00. The fourth-order valence-corrected chi connectivity index (χ4v) is 1.10. The molecule has 2 unspecified atom stereocenters. The number of hydrogen-bond donors (Lipinski definition) is 3. The molecule has 4 N–H and O–H groups in total. The highest BCUT2D eigenvalue weighted by Gasteiger charge is 2.42. The van der Waals surface area contributed by atoms with Gasteiger partial charge in [0.25, 0.3) is 0 Å². The molecule has 0 saturated carbocycles. The molecule has 2 atom stereocenters. The maximum absolute atomic E-state index is 9.63. The Labute approximate surface area is 74.6 Å². The van der Waals surface area contributed by atoms with E-state index in [0.717, 1.165) is 0 Å². The van der Waals surface area contributed by atoms with Crippen LogP contribution in [0.15, 0.2) is 0 Å². The van der Waals surface area contributed by atoms with Gasteiger partial charge >= 0.3 is 0 Å². The molecule has 0 radical (unpaired) electrons. The van der Waals surface area contributed by atoms with Gasteiger partial charge in [-0.2, -0.15) is 0 Å². The summed E-state index contributed by atoms with van der Waals surface area (Å²) < 4.78 is 0. The molecule has 0 spiro atoms. The fourth-order valence-electron chi connectivity index (χ4n) is 1.10. The molecule has 0 saturated heterocycles. The van der Waals surface area contributed by atoms with E-state index >= 15 is 0 Å². The van der Waals surface area contributed by atoms with Crippen LogP contribution >= 0.6 is 0 Å². The van der Waals surface area contributed by atoms with E-state index in [4.69, 9.17) is 5.73 Å². The van der Waals surface area contributed by atoms with Crippen LogP contribution in [0.3, 0.4) is 0 Å². The van der Waals surface area contributed by atoms with Crippen LogP contribution in [0.2, 0.25) is 0 Å². The quantitative estimate of drug-likeness (QED) is 0.580. The lowest BCUT2D eigenvalue weighted by atomic mass is 9.65. The Bertz CT molecular complexity index is 142. The lowest BCUT2D eigenvalue weighted by Crippen LogP contribution is -2.49. The summed E-state index contributed by atoms with van der Waals surface area (Å²) in [5.74, 6) is 0. The summed E-state index contributed by atoms with van der Waals surface area (Å²) >= 11 is 0. The van der Waals surface area contributed by atoms with Crippen molar-refractivity contribution in [1.29, 1.82) is 0 Å². The molecule has 0 aromatic carbocycles. The first-order valence-corrected chi connectivity index (χ1v) is 4.28. The smallest absolute Gasteiger partial charge is 0.0742 e. The summed E-state index contributed by atoms with van der Waals surface area (Å²) in [7, 11) is 0. The zero-order valence-electron chi connectivity index (χ0n) is 8.46. The molecule has 3 heteroatoms. The topological polar surface area (TPSA) is 66.5 Å². The summed E-state index contributed by atoms with van der Waals surface area (Å²) in [6.45, 7) is 7.96. The maximum Gasteiger partial charge on any atom is 0.0742 e. The van der Waals surface area contributed by atoms with Crippen LogP contribution in [0.4, 0.5) is 0 Å². The summed E-state index contributed by atoms with van der Waals surface area (Å²) in [4.78, 5) is 0. The van der Waals surface area contributed by atoms with Gasteiger partial charge in [0.1, 0.15) is 0 Å². The van der Waals surface area contributed by atoms with Gasteiger partial charge in [-0.25, -0.2) is 0 Å². The second-order valence-electron chi connectivity index (χ2n) is 4.58. The van der Waals surface area contributed by atoms with Crippen LogP contribution in [0.5, 0.6) is 0 Å². The van der Waals surface area contributed by atoms with Crippen LogP contribution < -0.4 is 5.73 Å². The van der Waals surface area contributed by atoms with Crippen molar-refractivity contribution in [3.05, 3.63) is 0 Å². The van der Waals surface area contributed by atoms with Gasteiger partial charge in [-0.15, -0.1) is 0 Å². The summed E-state index contributed by atoms with van der Waals surface area (Å²) in [6.07, 6.45) is -0.650. The van der Waals surface area contributed by atoms with Crippen molar-refractivity contribution >= 4 is 0 Å². The molecule has 0 aliphatic heterocycles. The molecule has 0 fully saturated rings. The van der Waals surface area contributed by atoms with E-state index in [-0.39, 0.29) is 18.6 Å². The van der Waals surface area contributed by atoms with E-state index in [1.807, 2.05) is 27.7 Å². The first kappa shape index (κ1) is 11.9. The van der Waals surface area contributed by atoms with Crippen molar-refractivity contribution < 1.29 is 10.2 Å². The third kappa shape index (κ3) is 1.97. The van der Waals surface area contributed by atoms with E-state index in [1.54, 1.807) is 0 Å². The predicted octanol–water partition coefficient (Wildman–Crippen LogP) is 0.351.